The number of carbonyl (C=O) groups is 2. The molecule has 0 saturated carbocycles. The van der Waals surface area contributed by atoms with E-state index in [2.05, 4.69) is 9.72 Å². The molecule has 1 amide bonds. The normalized spacial score (nSPS) is 18.6. The van der Waals surface area contributed by atoms with Crippen LogP contribution in [0.15, 0.2) is 18.3 Å². The molecule has 1 saturated heterocycles. The molecule has 0 aromatic carbocycles. The number of halogens is 3. The number of hydrogen-bond donors (Lipinski definition) is 1. The maximum atomic E-state index is 12.4. The second-order valence-electron chi connectivity index (χ2n) is 4.71. The van der Waals surface area contributed by atoms with Gasteiger partial charge in [-0.1, -0.05) is 0 Å². The van der Waals surface area contributed by atoms with Crippen LogP contribution >= 0.6 is 0 Å². The van der Waals surface area contributed by atoms with E-state index in [4.69, 9.17) is 9.84 Å². The van der Waals surface area contributed by atoms with E-state index in [0.29, 0.717) is 0 Å². The largest absolute Gasteiger partial charge is 0.479 e. The van der Waals surface area contributed by atoms with Gasteiger partial charge >= 0.3 is 12.1 Å². The quantitative estimate of drug-likeness (QED) is 0.882. The Labute approximate surface area is 128 Å². The highest BCUT2D eigenvalue weighted by molar-refractivity contribution is 5.96. The number of hydrogen-bond acceptors (Lipinski definition) is 5. The number of aromatic nitrogens is 1. The van der Waals surface area contributed by atoms with Crippen molar-refractivity contribution in [2.24, 2.45) is 0 Å². The number of aliphatic carboxylic acids is 1. The number of carbonyl (C=O) groups excluding carboxylic acids is 1. The van der Waals surface area contributed by atoms with E-state index in [1.54, 1.807) is 0 Å². The molecule has 0 unspecified atom stereocenters. The highest BCUT2D eigenvalue weighted by atomic mass is 19.4. The molecule has 1 aliphatic rings. The van der Waals surface area contributed by atoms with Crippen molar-refractivity contribution in [1.82, 2.24) is 9.88 Å². The van der Waals surface area contributed by atoms with Crippen molar-refractivity contribution in [3.63, 3.8) is 0 Å². The molecule has 0 aliphatic carbocycles. The second-order valence-corrected chi connectivity index (χ2v) is 4.71. The third kappa shape index (κ3) is 4.55. The van der Waals surface area contributed by atoms with Crippen molar-refractivity contribution >= 4 is 11.9 Å². The highest BCUT2D eigenvalue weighted by Gasteiger charge is 2.32. The van der Waals surface area contributed by atoms with E-state index in [9.17, 15) is 22.8 Å². The Morgan fingerprint density at radius 3 is 2.87 bits per heavy atom. The number of pyridine rings is 1. The number of alkyl halides is 3. The van der Waals surface area contributed by atoms with Crippen molar-refractivity contribution in [1.29, 1.82) is 0 Å². The first-order valence-electron chi connectivity index (χ1n) is 6.56. The van der Waals surface area contributed by atoms with Crippen molar-refractivity contribution in [2.75, 3.05) is 26.3 Å². The smallest absolute Gasteiger partial charge is 0.422 e. The van der Waals surface area contributed by atoms with Gasteiger partial charge in [0, 0.05) is 12.7 Å². The summed E-state index contributed by atoms with van der Waals surface area (Å²) in [7, 11) is 0. The van der Waals surface area contributed by atoms with E-state index in [0.717, 1.165) is 0 Å². The van der Waals surface area contributed by atoms with Crippen LogP contribution in [0.4, 0.5) is 13.2 Å². The van der Waals surface area contributed by atoms with Crippen LogP contribution in [0.25, 0.3) is 0 Å². The molecule has 1 atom stereocenters. The summed E-state index contributed by atoms with van der Waals surface area (Å²) in [5.74, 6) is -2.33. The van der Waals surface area contributed by atoms with Crippen molar-refractivity contribution < 1.29 is 37.3 Å². The van der Waals surface area contributed by atoms with E-state index in [-0.39, 0.29) is 25.3 Å². The molecule has 0 bridgehead atoms. The molecular weight excluding hydrogens is 321 g/mol. The number of nitrogens with zero attached hydrogens (tertiary/aromatic N) is 2. The molecule has 2 heterocycles. The van der Waals surface area contributed by atoms with Gasteiger partial charge in [-0.25, -0.2) is 9.78 Å². The molecule has 2 rings (SSSR count). The summed E-state index contributed by atoms with van der Waals surface area (Å²) in [6.07, 6.45) is -4.54. The van der Waals surface area contributed by atoms with Crippen LogP contribution in [0, 0.1) is 0 Å². The summed E-state index contributed by atoms with van der Waals surface area (Å²) in [6, 6.07) is 2.65. The topological polar surface area (TPSA) is 89.0 Å². The Hall–Kier alpha value is -2.36. The predicted molar refractivity (Wildman–Crippen MR) is 69.1 cm³/mol. The van der Waals surface area contributed by atoms with Gasteiger partial charge in [0.15, 0.2) is 12.7 Å². The fourth-order valence-corrected chi connectivity index (χ4v) is 1.97. The number of rotatable bonds is 4. The Kier molecular flexibility index (Phi) is 5.04. The monoisotopic (exact) mass is 334 g/mol. The van der Waals surface area contributed by atoms with Crippen LogP contribution in [-0.2, 0) is 9.53 Å². The number of morpholine rings is 1. The van der Waals surface area contributed by atoms with Crippen molar-refractivity contribution in [3.8, 4) is 5.88 Å². The van der Waals surface area contributed by atoms with Crippen molar-refractivity contribution in [2.45, 2.75) is 12.3 Å². The fourth-order valence-electron chi connectivity index (χ4n) is 1.97. The lowest BCUT2D eigenvalue weighted by Gasteiger charge is -2.31. The molecule has 1 N–H and O–H groups in total. The standard InChI is InChI=1S/C13H13F3N2O5/c14-13(15,16)7-23-10-8(2-1-3-17-10)11(19)18-4-5-22-9(6-18)12(20)21/h1-3,9H,4-7H2,(H,20,21)/t9-/m0/s1. The number of carboxylic acid groups (broad SMARTS) is 1. The predicted octanol–water partition coefficient (Wildman–Crippen LogP) is 0.948. The molecule has 126 valence electrons. The first-order valence-corrected chi connectivity index (χ1v) is 6.56. The summed E-state index contributed by atoms with van der Waals surface area (Å²) in [5.41, 5.74) is -0.164. The van der Waals surface area contributed by atoms with E-state index in [1.807, 2.05) is 0 Å². The minimum absolute atomic E-state index is 0.0156. The second kappa shape index (κ2) is 6.82. The molecule has 1 aromatic rings. The summed E-state index contributed by atoms with van der Waals surface area (Å²) in [4.78, 5) is 28.1. The van der Waals surface area contributed by atoms with Crippen molar-refractivity contribution in [3.05, 3.63) is 23.9 Å². The zero-order valence-corrected chi connectivity index (χ0v) is 11.7. The van der Waals surface area contributed by atoms with Crippen LogP contribution in [0.5, 0.6) is 5.88 Å². The molecule has 0 radical (unpaired) electrons. The van der Waals surface area contributed by atoms with Crippen LogP contribution in [0.1, 0.15) is 10.4 Å². The molecule has 1 aromatic heterocycles. The molecule has 0 spiro atoms. The summed E-state index contributed by atoms with van der Waals surface area (Å²) in [6.45, 7) is -1.65. The Bertz CT molecular complexity index is 593. The number of carboxylic acids is 1. The van der Waals surface area contributed by atoms with Crippen LogP contribution in [0.3, 0.4) is 0 Å². The highest BCUT2D eigenvalue weighted by Crippen LogP contribution is 2.22. The molecule has 23 heavy (non-hydrogen) atoms. The lowest BCUT2D eigenvalue weighted by molar-refractivity contribution is -0.155. The first kappa shape index (κ1) is 17.0. The molecule has 7 nitrogen and oxygen atoms in total. The van der Waals surface area contributed by atoms with Gasteiger partial charge in [0.1, 0.15) is 5.56 Å². The summed E-state index contributed by atoms with van der Waals surface area (Å²) < 4.78 is 46.3. The Morgan fingerprint density at radius 1 is 1.48 bits per heavy atom. The minimum Gasteiger partial charge on any atom is -0.479 e. The minimum atomic E-state index is -4.56. The lowest BCUT2D eigenvalue weighted by atomic mass is 10.2. The third-order valence-corrected chi connectivity index (χ3v) is 3.00. The maximum Gasteiger partial charge on any atom is 0.422 e. The summed E-state index contributed by atoms with van der Waals surface area (Å²) in [5, 5.41) is 8.91. The van der Waals surface area contributed by atoms with Crippen LogP contribution in [-0.4, -0.2) is 65.5 Å². The van der Waals surface area contributed by atoms with E-state index >= 15 is 0 Å². The van der Waals surface area contributed by atoms with Gasteiger partial charge in [0.2, 0.25) is 5.88 Å². The first-order chi connectivity index (χ1) is 10.8. The number of ether oxygens (including phenoxy) is 2. The molecular formula is C13H13F3N2O5. The SMILES string of the molecule is O=C(O)[C@@H]1CN(C(=O)c2cccnc2OCC(F)(F)F)CCO1. The zero-order valence-electron chi connectivity index (χ0n) is 11.7. The average Bonchev–Trinajstić information content (AvgIpc) is 2.52. The maximum absolute atomic E-state index is 12.4. The zero-order chi connectivity index (χ0) is 17.0. The van der Waals surface area contributed by atoms with Gasteiger partial charge in [-0.15, -0.1) is 0 Å². The molecule has 1 aliphatic heterocycles. The van der Waals surface area contributed by atoms with Crippen LogP contribution < -0.4 is 4.74 Å². The Morgan fingerprint density at radius 2 is 2.22 bits per heavy atom. The lowest BCUT2D eigenvalue weighted by Crippen LogP contribution is -2.48. The van der Waals surface area contributed by atoms with Gasteiger partial charge in [0.25, 0.3) is 5.91 Å². The van der Waals surface area contributed by atoms with E-state index in [1.165, 1.54) is 23.2 Å². The van der Waals surface area contributed by atoms with Crippen LogP contribution in [0.2, 0.25) is 0 Å². The Balaban J connectivity index is 2.14. The fraction of sp³-hybridized carbons (Fsp3) is 0.462. The van der Waals surface area contributed by atoms with Gasteiger partial charge in [-0.05, 0) is 12.1 Å². The van der Waals surface area contributed by atoms with Gasteiger partial charge in [-0.2, -0.15) is 13.2 Å². The average molecular weight is 334 g/mol. The molecule has 10 heteroatoms. The third-order valence-electron chi connectivity index (χ3n) is 3.00. The van der Waals surface area contributed by atoms with Gasteiger partial charge in [-0.3, -0.25) is 4.79 Å². The summed E-state index contributed by atoms with van der Waals surface area (Å²) >= 11 is 0. The van der Waals surface area contributed by atoms with E-state index < -0.39 is 36.6 Å². The number of amides is 1. The molecule has 1 fully saturated rings. The van der Waals surface area contributed by atoms with Gasteiger partial charge in [0.05, 0.1) is 13.2 Å². The van der Waals surface area contributed by atoms with Gasteiger partial charge < -0.3 is 19.5 Å².